The summed E-state index contributed by atoms with van der Waals surface area (Å²) in [5, 5.41) is 5.93. The van der Waals surface area contributed by atoms with E-state index in [4.69, 9.17) is 0 Å². The molecule has 0 radical (unpaired) electrons. The Morgan fingerprint density at radius 3 is 2.60 bits per heavy atom. The minimum Gasteiger partial charge on any atom is -0.351 e. The van der Waals surface area contributed by atoms with Gasteiger partial charge in [0.15, 0.2) is 0 Å². The van der Waals surface area contributed by atoms with Crippen LogP contribution in [-0.2, 0) is 6.18 Å². The zero-order chi connectivity index (χ0) is 14.6. The number of hydrogen-bond acceptors (Lipinski definition) is 3. The zero-order valence-corrected chi connectivity index (χ0v) is 10.8. The van der Waals surface area contributed by atoms with Gasteiger partial charge in [-0.15, -0.1) is 0 Å². The van der Waals surface area contributed by atoms with E-state index in [1.54, 1.807) is 0 Å². The van der Waals surface area contributed by atoms with Crippen LogP contribution in [0.2, 0.25) is 0 Å². The number of carbonyl (C=O) groups is 1. The fourth-order valence-corrected chi connectivity index (χ4v) is 1.67. The lowest BCUT2D eigenvalue weighted by atomic mass is 10.2. The van der Waals surface area contributed by atoms with E-state index in [-0.39, 0.29) is 5.69 Å². The van der Waals surface area contributed by atoms with E-state index in [2.05, 4.69) is 15.6 Å². The number of nitrogens with one attached hydrogen (secondary N) is 2. The first-order chi connectivity index (χ1) is 9.47. The molecule has 0 atom stereocenters. The van der Waals surface area contributed by atoms with Crippen molar-refractivity contribution in [1.29, 1.82) is 0 Å². The third kappa shape index (κ3) is 4.48. The van der Waals surface area contributed by atoms with Crippen LogP contribution in [0, 0.1) is 0 Å². The maximum atomic E-state index is 12.3. The number of nitrogens with zero attached hydrogens (tertiary/aromatic N) is 1. The first-order valence-electron chi connectivity index (χ1n) is 6.51. The van der Waals surface area contributed by atoms with E-state index in [1.165, 1.54) is 12.8 Å². The summed E-state index contributed by atoms with van der Waals surface area (Å²) in [6.45, 7) is 1.30. The van der Waals surface area contributed by atoms with Crippen LogP contribution in [0.1, 0.15) is 35.3 Å². The van der Waals surface area contributed by atoms with Crippen LogP contribution in [-0.4, -0.2) is 30.0 Å². The van der Waals surface area contributed by atoms with E-state index < -0.39 is 17.6 Å². The van der Waals surface area contributed by atoms with Gasteiger partial charge in [-0.2, -0.15) is 13.2 Å². The van der Waals surface area contributed by atoms with Gasteiger partial charge in [-0.3, -0.25) is 9.78 Å². The summed E-state index contributed by atoms with van der Waals surface area (Å²) in [5.74, 6) is -0.454. The largest absolute Gasteiger partial charge is 0.417 e. The van der Waals surface area contributed by atoms with Crippen LogP contribution in [0.5, 0.6) is 0 Å². The number of aromatic nitrogens is 1. The smallest absolute Gasteiger partial charge is 0.351 e. The molecular formula is C13H16F3N3O. The number of rotatable bonds is 6. The van der Waals surface area contributed by atoms with Gasteiger partial charge in [-0.1, -0.05) is 0 Å². The number of amides is 1. The normalized spacial score (nSPS) is 15.2. The van der Waals surface area contributed by atoms with E-state index in [0.717, 1.165) is 25.1 Å². The molecule has 2 rings (SSSR count). The zero-order valence-electron chi connectivity index (χ0n) is 10.8. The van der Waals surface area contributed by atoms with Gasteiger partial charge in [0.25, 0.3) is 5.91 Å². The molecule has 0 bridgehead atoms. The number of pyridine rings is 1. The van der Waals surface area contributed by atoms with E-state index in [1.807, 2.05) is 0 Å². The summed E-state index contributed by atoms with van der Waals surface area (Å²) in [6, 6.07) is 2.57. The Balaban J connectivity index is 1.73. The monoisotopic (exact) mass is 287 g/mol. The molecule has 1 heterocycles. The van der Waals surface area contributed by atoms with Crippen LogP contribution in [0.25, 0.3) is 0 Å². The Hall–Kier alpha value is -1.63. The maximum absolute atomic E-state index is 12.3. The summed E-state index contributed by atoms with van der Waals surface area (Å²) in [4.78, 5) is 15.2. The highest BCUT2D eigenvalue weighted by atomic mass is 19.4. The molecule has 110 valence electrons. The second-order valence-corrected chi connectivity index (χ2v) is 4.77. The maximum Gasteiger partial charge on any atom is 0.417 e. The van der Waals surface area contributed by atoms with Gasteiger partial charge in [-0.25, -0.2) is 0 Å². The van der Waals surface area contributed by atoms with Gasteiger partial charge in [0, 0.05) is 18.8 Å². The Labute approximate surface area is 114 Å². The second-order valence-electron chi connectivity index (χ2n) is 4.77. The van der Waals surface area contributed by atoms with Crippen LogP contribution in [0.3, 0.4) is 0 Å². The molecule has 0 aromatic carbocycles. The van der Waals surface area contributed by atoms with Crippen molar-refractivity contribution < 1.29 is 18.0 Å². The molecule has 1 aliphatic carbocycles. The van der Waals surface area contributed by atoms with Gasteiger partial charge in [0.05, 0.1) is 5.56 Å². The molecule has 2 N–H and O–H groups in total. The molecule has 1 aromatic heterocycles. The van der Waals surface area contributed by atoms with Gasteiger partial charge in [-0.05, 0) is 37.9 Å². The highest BCUT2D eigenvalue weighted by molar-refractivity contribution is 5.92. The molecule has 1 fully saturated rings. The lowest BCUT2D eigenvalue weighted by molar-refractivity contribution is -0.137. The first kappa shape index (κ1) is 14.8. The standard InChI is InChI=1S/C13H16F3N3O/c14-13(15,16)9-2-5-11(19-8-9)12(20)18-7-1-6-17-10-3-4-10/h2,5,8,10,17H,1,3-4,6-7H2,(H,18,20). The molecule has 0 spiro atoms. The van der Waals surface area contributed by atoms with Gasteiger partial charge in [0.2, 0.25) is 0 Å². The number of alkyl halides is 3. The second kappa shape index (κ2) is 6.21. The summed E-state index contributed by atoms with van der Waals surface area (Å²) in [6.07, 6.45) is -0.563. The van der Waals surface area contributed by atoms with Gasteiger partial charge >= 0.3 is 6.18 Å². The van der Waals surface area contributed by atoms with Crippen molar-refractivity contribution in [3.8, 4) is 0 Å². The predicted octanol–water partition coefficient (Wildman–Crippen LogP) is 1.97. The average Bonchev–Trinajstić information content (AvgIpc) is 3.21. The molecule has 0 saturated heterocycles. The van der Waals surface area contributed by atoms with Gasteiger partial charge < -0.3 is 10.6 Å². The topological polar surface area (TPSA) is 54.0 Å². The fourth-order valence-electron chi connectivity index (χ4n) is 1.67. The number of carbonyl (C=O) groups excluding carboxylic acids is 1. The van der Waals surface area contributed by atoms with Crippen molar-refractivity contribution in [2.24, 2.45) is 0 Å². The molecule has 0 unspecified atom stereocenters. The molecule has 1 aliphatic rings. The Morgan fingerprint density at radius 1 is 1.30 bits per heavy atom. The van der Waals surface area contributed by atoms with Crippen molar-refractivity contribution in [2.75, 3.05) is 13.1 Å². The summed E-state index contributed by atoms with van der Waals surface area (Å²) < 4.78 is 37.0. The summed E-state index contributed by atoms with van der Waals surface area (Å²) >= 11 is 0. The predicted molar refractivity (Wildman–Crippen MR) is 67.2 cm³/mol. The molecule has 1 amide bonds. The molecule has 20 heavy (non-hydrogen) atoms. The fraction of sp³-hybridized carbons (Fsp3) is 0.538. The SMILES string of the molecule is O=C(NCCCNC1CC1)c1ccc(C(F)(F)F)cn1. The van der Waals surface area contributed by atoms with Crippen molar-refractivity contribution in [2.45, 2.75) is 31.5 Å². The minimum absolute atomic E-state index is 0.00634. The highest BCUT2D eigenvalue weighted by Gasteiger charge is 2.30. The first-order valence-corrected chi connectivity index (χ1v) is 6.51. The van der Waals surface area contributed by atoms with Crippen molar-refractivity contribution >= 4 is 5.91 Å². The molecule has 1 aromatic rings. The third-order valence-corrected chi connectivity index (χ3v) is 2.97. The molecule has 1 saturated carbocycles. The van der Waals surface area contributed by atoms with Gasteiger partial charge in [0.1, 0.15) is 5.69 Å². The number of hydrogen-bond donors (Lipinski definition) is 2. The summed E-state index contributed by atoms with van der Waals surface area (Å²) in [5.41, 5.74) is -0.865. The van der Waals surface area contributed by atoms with Crippen LogP contribution in [0.4, 0.5) is 13.2 Å². The Morgan fingerprint density at radius 2 is 2.05 bits per heavy atom. The molecule has 0 aliphatic heterocycles. The lowest BCUT2D eigenvalue weighted by Gasteiger charge is -2.08. The minimum atomic E-state index is -4.43. The van der Waals surface area contributed by atoms with E-state index in [0.29, 0.717) is 18.8 Å². The Bertz CT molecular complexity index is 455. The number of halogens is 3. The quantitative estimate of drug-likeness (QED) is 0.787. The lowest BCUT2D eigenvalue weighted by Crippen LogP contribution is -2.28. The Kier molecular flexibility index (Phi) is 4.59. The highest BCUT2D eigenvalue weighted by Crippen LogP contribution is 2.28. The molecular weight excluding hydrogens is 271 g/mol. The van der Waals surface area contributed by atoms with Crippen molar-refractivity contribution in [3.05, 3.63) is 29.6 Å². The van der Waals surface area contributed by atoms with E-state index >= 15 is 0 Å². The summed E-state index contributed by atoms with van der Waals surface area (Å²) in [7, 11) is 0. The van der Waals surface area contributed by atoms with Crippen LogP contribution >= 0.6 is 0 Å². The van der Waals surface area contributed by atoms with E-state index in [9.17, 15) is 18.0 Å². The van der Waals surface area contributed by atoms with Crippen molar-refractivity contribution in [3.63, 3.8) is 0 Å². The third-order valence-electron chi connectivity index (χ3n) is 2.97. The van der Waals surface area contributed by atoms with Crippen LogP contribution in [0.15, 0.2) is 18.3 Å². The average molecular weight is 287 g/mol. The van der Waals surface area contributed by atoms with Crippen molar-refractivity contribution in [1.82, 2.24) is 15.6 Å². The molecule has 4 nitrogen and oxygen atoms in total. The van der Waals surface area contributed by atoms with Crippen LogP contribution < -0.4 is 10.6 Å². The molecule has 7 heteroatoms.